The van der Waals surface area contributed by atoms with Gasteiger partial charge in [0.15, 0.2) is 0 Å². The Morgan fingerprint density at radius 2 is 2.03 bits per heavy atom. The van der Waals surface area contributed by atoms with E-state index in [2.05, 4.69) is 10.3 Å². The summed E-state index contributed by atoms with van der Waals surface area (Å²) in [5.41, 5.74) is 1.61. The monoisotopic (exact) mass is 474 g/mol. The lowest BCUT2D eigenvalue weighted by Gasteiger charge is -2.21. The van der Waals surface area contributed by atoms with Gasteiger partial charge in [-0.2, -0.15) is 0 Å². The van der Waals surface area contributed by atoms with Crippen molar-refractivity contribution < 1.29 is 9.53 Å². The molecule has 0 saturated carbocycles. The highest BCUT2D eigenvalue weighted by molar-refractivity contribution is 8.26. The van der Waals surface area contributed by atoms with E-state index in [9.17, 15) is 9.59 Å². The van der Waals surface area contributed by atoms with Gasteiger partial charge < -0.3 is 10.1 Å². The Morgan fingerprint density at radius 1 is 1.28 bits per heavy atom. The van der Waals surface area contributed by atoms with Crippen molar-refractivity contribution in [2.24, 2.45) is 0 Å². The molecule has 1 fully saturated rings. The topological polar surface area (TPSA) is 75.9 Å². The Morgan fingerprint density at radius 3 is 2.72 bits per heavy atom. The number of thiocarbonyl (C=S) groups is 1. The van der Waals surface area contributed by atoms with Gasteiger partial charge in [-0.05, 0) is 58.2 Å². The summed E-state index contributed by atoms with van der Waals surface area (Å²) in [5.74, 6) is 0.289. The van der Waals surface area contributed by atoms with Crippen LogP contribution in [0, 0.1) is 6.92 Å². The maximum atomic E-state index is 13.4. The van der Waals surface area contributed by atoms with Crippen molar-refractivity contribution in [2.45, 2.75) is 59.6 Å². The van der Waals surface area contributed by atoms with Crippen LogP contribution in [0.1, 0.15) is 51.7 Å². The minimum Gasteiger partial charge on any atom is -0.379 e. The van der Waals surface area contributed by atoms with Gasteiger partial charge in [-0.25, -0.2) is 4.98 Å². The highest BCUT2D eigenvalue weighted by atomic mass is 32.2. The molecule has 1 aliphatic rings. The lowest BCUT2D eigenvalue weighted by molar-refractivity contribution is -0.123. The number of hydrogen-bond donors (Lipinski definition) is 1. The average Bonchev–Trinajstić information content (AvgIpc) is 3.03. The number of rotatable bonds is 9. The Kier molecular flexibility index (Phi) is 8.08. The fraction of sp³-hybridized carbons (Fsp3) is 0.478. The number of pyridine rings is 1. The number of fused-ring (bicyclic) bond motifs is 1. The molecule has 1 amide bonds. The molecule has 0 spiro atoms. The summed E-state index contributed by atoms with van der Waals surface area (Å²) in [6.45, 7) is 11.1. The van der Waals surface area contributed by atoms with E-state index >= 15 is 0 Å². The van der Waals surface area contributed by atoms with E-state index in [1.54, 1.807) is 17.2 Å². The van der Waals surface area contributed by atoms with E-state index in [0.717, 1.165) is 18.4 Å². The van der Waals surface area contributed by atoms with Crippen molar-refractivity contribution in [1.82, 2.24) is 14.3 Å². The second-order valence-corrected chi connectivity index (χ2v) is 9.80. The first-order valence-corrected chi connectivity index (χ1v) is 12.1. The van der Waals surface area contributed by atoms with Crippen LogP contribution in [-0.2, 0) is 9.53 Å². The normalized spacial score (nSPS) is 16.6. The van der Waals surface area contributed by atoms with Gasteiger partial charge >= 0.3 is 0 Å². The average molecular weight is 475 g/mol. The Balaban J connectivity index is 1.99. The third kappa shape index (κ3) is 5.39. The third-order valence-electron chi connectivity index (χ3n) is 5.20. The van der Waals surface area contributed by atoms with Gasteiger partial charge in [-0.1, -0.05) is 37.0 Å². The predicted molar refractivity (Wildman–Crippen MR) is 135 cm³/mol. The number of nitrogens with zero attached hydrogens (tertiary/aromatic N) is 3. The number of aryl methyl sites for hydroxylation is 1. The molecule has 2 aromatic rings. The number of hydrogen-bond acceptors (Lipinski definition) is 7. The van der Waals surface area contributed by atoms with Gasteiger partial charge in [0.05, 0.1) is 16.6 Å². The Bertz CT molecular complexity index is 1110. The van der Waals surface area contributed by atoms with Crippen molar-refractivity contribution in [3.63, 3.8) is 0 Å². The Labute approximate surface area is 198 Å². The van der Waals surface area contributed by atoms with Crippen LogP contribution in [-0.4, -0.2) is 49.8 Å². The van der Waals surface area contributed by atoms with Crippen LogP contribution in [0.25, 0.3) is 11.7 Å². The number of ether oxygens (including phenoxy) is 1. The maximum absolute atomic E-state index is 13.4. The summed E-state index contributed by atoms with van der Waals surface area (Å²) in [6, 6.07) is 3.74. The molecule has 32 heavy (non-hydrogen) atoms. The molecule has 7 nitrogen and oxygen atoms in total. The smallest absolute Gasteiger partial charge is 0.267 e. The molecule has 2 aromatic heterocycles. The van der Waals surface area contributed by atoms with Crippen molar-refractivity contribution in [3.8, 4) is 0 Å². The molecular weight excluding hydrogens is 444 g/mol. The first-order valence-electron chi connectivity index (χ1n) is 10.9. The molecule has 3 rings (SSSR count). The first kappa shape index (κ1) is 24.4. The lowest BCUT2D eigenvalue weighted by Crippen LogP contribution is -2.36. The largest absolute Gasteiger partial charge is 0.379 e. The zero-order chi connectivity index (χ0) is 23.4. The summed E-state index contributed by atoms with van der Waals surface area (Å²) in [6.07, 6.45) is 5.11. The van der Waals surface area contributed by atoms with Crippen LogP contribution < -0.4 is 10.9 Å². The van der Waals surface area contributed by atoms with Gasteiger partial charge in [0.25, 0.3) is 11.5 Å². The third-order valence-corrected chi connectivity index (χ3v) is 6.53. The van der Waals surface area contributed by atoms with Crippen molar-refractivity contribution >= 4 is 51.7 Å². The predicted octanol–water partition coefficient (Wildman–Crippen LogP) is 4.23. The number of thioether (sulfide) groups is 1. The molecule has 0 aliphatic carbocycles. The quantitative estimate of drug-likeness (QED) is 0.331. The molecule has 0 radical (unpaired) electrons. The van der Waals surface area contributed by atoms with Crippen LogP contribution in [0.4, 0.5) is 5.82 Å². The molecule has 0 bridgehead atoms. The molecule has 1 atom stereocenters. The summed E-state index contributed by atoms with van der Waals surface area (Å²) >= 11 is 6.66. The fourth-order valence-electron chi connectivity index (χ4n) is 3.30. The number of nitrogens with one attached hydrogen (secondary N) is 1. The van der Waals surface area contributed by atoms with Gasteiger partial charge in [0, 0.05) is 25.4 Å². The maximum Gasteiger partial charge on any atom is 0.267 e. The second-order valence-electron chi connectivity index (χ2n) is 8.12. The van der Waals surface area contributed by atoms with Gasteiger partial charge in [-0.15, -0.1) is 0 Å². The fourth-order valence-corrected chi connectivity index (χ4v) is 4.74. The van der Waals surface area contributed by atoms with Crippen LogP contribution in [0.15, 0.2) is 28.0 Å². The summed E-state index contributed by atoms with van der Waals surface area (Å²) < 4.78 is 7.62. The molecule has 1 aliphatic heterocycles. The van der Waals surface area contributed by atoms with Gasteiger partial charge in [0.1, 0.15) is 15.8 Å². The molecule has 9 heteroatoms. The molecule has 0 aromatic carbocycles. The molecule has 0 unspecified atom stereocenters. The zero-order valence-electron chi connectivity index (χ0n) is 19.2. The van der Waals surface area contributed by atoms with E-state index < -0.39 is 0 Å². The molecule has 172 valence electrons. The molecule has 1 saturated heterocycles. The number of carbonyl (C=O) groups excluding carboxylic acids is 1. The van der Waals surface area contributed by atoms with Crippen LogP contribution in [0.3, 0.4) is 0 Å². The van der Waals surface area contributed by atoms with E-state index in [0.29, 0.717) is 39.4 Å². The lowest BCUT2D eigenvalue weighted by atomic mass is 10.2. The number of aromatic nitrogens is 2. The Hall–Kier alpha value is -2.23. The van der Waals surface area contributed by atoms with Crippen LogP contribution in [0.2, 0.25) is 0 Å². The van der Waals surface area contributed by atoms with E-state index in [1.165, 1.54) is 16.2 Å². The second kappa shape index (κ2) is 10.6. The van der Waals surface area contributed by atoms with E-state index in [1.807, 2.05) is 46.8 Å². The summed E-state index contributed by atoms with van der Waals surface area (Å²) in [7, 11) is 0. The highest BCUT2D eigenvalue weighted by Crippen LogP contribution is 2.34. The minimum atomic E-state index is -0.228. The molecule has 1 N–H and O–H groups in total. The summed E-state index contributed by atoms with van der Waals surface area (Å²) in [4.78, 5) is 33.1. The van der Waals surface area contributed by atoms with Crippen LogP contribution in [0.5, 0.6) is 0 Å². The zero-order valence-corrected chi connectivity index (χ0v) is 20.8. The van der Waals surface area contributed by atoms with Gasteiger partial charge in [-0.3, -0.25) is 18.9 Å². The van der Waals surface area contributed by atoms with Crippen molar-refractivity contribution in [2.75, 3.05) is 18.5 Å². The molecule has 3 heterocycles. The number of anilines is 1. The van der Waals surface area contributed by atoms with Gasteiger partial charge in [0.2, 0.25) is 0 Å². The van der Waals surface area contributed by atoms with Crippen LogP contribution >= 0.6 is 24.0 Å². The number of amides is 1. The highest BCUT2D eigenvalue weighted by Gasteiger charge is 2.35. The first-order chi connectivity index (χ1) is 15.2. The van der Waals surface area contributed by atoms with Crippen molar-refractivity contribution in [1.29, 1.82) is 0 Å². The van der Waals surface area contributed by atoms with Crippen molar-refractivity contribution in [3.05, 3.63) is 44.7 Å². The number of carbonyl (C=O) groups is 1. The SMILES string of the molecule is CC[C@H](C)N1C(=O)/C(=C/c2c(NCCCOC(C)C)nc3ccc(C)cn3c2=O)SC1=S. The summed E-state index contributed by atoms with van der Waals surface area (Å²) in [5, 5.41) is 3.26. The molecular formula is C23H30N4O3S2. The minimum absolute atomic E-state index is 0.00503. The van der Waals surface area contributed by atoms with E-state index in [-0.39, 0.29) is 23.6 Å². The van der Waals surface area contributed by atoms with E-state index in [4.69, 9.17) is 17.0 Å². The standard InChI is InChI=1S/C23H30N4O3S2/c1-6-16(5)27-22(29)18(32-23(27)31)12-17-20(24-10-7-11-30-14(2)3)25-19-9-8-15(4)13-26(19)21(17)28/h8-9,12-14,16,24H,6-7,10-11H2,1-5H3/b18-12-/t16-/m0/s1.